The highest BCUT2D eigenvalue weighted by molar-refractivity contribution is 6.08. The fourth-order valence-corrected chi connectivity index (χ4v) is 3.63. The minimum atomic E-state index is -0.301. The molecule has 1 saturated heterocycles. The topological polar surface area (TPSA) is 72.9 Å². The summed E-state index contributed by atoms with van der Waals surface area (Å²) in [6.45, 7) is 8.23. The molecule has 0 bridgehead atoms. The molecule has 3 aromatic rings. The number of rotatable bonds is 2. The molecular weight excluding hydrogens is 312 g/mol. The number of nitrogens with zero attached hydrogens (tertiary/aromatic N) is 2. The summed E-state index contributed by atoms with van der Waals surface area (Å²) < 4.78 is 2.03. The molecule has 0 aliphatic carbocycles. The van der Waals surface area contributed by atoms with Crippen molar-refractivity contribution in [2.24, 2.45) is 0 Å². The number of carbonyl (C=O) groups excluding carboxylic acids is 1. The van der Waals surface area contributed by atoms with Gasteiger partial charge >= 0.3 is 0 Å². The van der Waals surface area contributed by atoms with Crippen molar-refractivity contribution in [1.82, 2.24) is 14.9 Å². The number of carbonyl (C=O) groups is 1. The predicted octanol–water partition coefficient (Wildman–Crippen LogP) is 3.86. The number of hydrogen-bond acceptors (Lipinski definition) is 3. The molecule has 5 heteroatoms. The quantitative estimate of drug-likeness (QED) is 0.747. The van der Waals surface area contributed by atoms with Gasteiger partial charge in [-0.15, -0.1) is 0 Å². The van der Waals surface area contributed by atoms with Gasteiger partial charge in [-0.05, 0) is 48.6 Å². The third kappa shape index (κ3) is 2.47. The molecule has 1 aliphatic heterocycles. The molecule has 0 saturated carbocycles. The number of amides is 1. The molecule has 4 rings (SSSR count). The Morgan fingerprint density at radius 3 is 2.80 bits per heavy atom. The number of pyridine rings is 1. The number of nitrogens with one attached hydrogen (secondary N) is 1. The monoisotopic (exact) mass is 334 g/mol. The molecule has 1 unspecified atom stereocenters. The van der Waals surface area contributed by atoms with E-state index in [4.69, 9.17) is 5.73 Å². The van der Waals surface area contributed by atoms with Crippen molar-refractivity contribution in [1.29, 1.82) is 0 Å². The van der Waals surface area contributed by atoms with E-state index in [0.717, 1.165) is 34.1 Å². The first kappa shape index (κ1) is 15.7. The zero-order chi connectivity index (χ0) is 17.7. The normalized spacial score (nSPS) is 18.3. The number of fused-ring (bicyclic) bond motifs is 3. The molecule has 25 heavy (non-hydrogen) atoms. The molecular formula is C20H22N4O. The number of nitrogens with two attached hydrogens (primary N) is 1. The Labute approximate surface area is 146 Å². The first-order valence-corrected chi connectivity index (χ1v) is 8.64. The number of piperidine rings is 1. The molecule has 3 N–H and O–H groups in total. The highest BCUT2D eigenvalue weighted by Gasteiger charge is 2.29. The Bertz CT molecular complexity index is 1020. The van der Waals surface area contributed by atoms with Crippen LogP contribution in [0.3, 0.4) is 0 Å². The standard InChI is InChI=1S/C20H22N4O/c1-11(2)13-5-8-16-15(10-13)14-6-9-18(21)23-19(14)24(16)17-7-4-12(3)22-20(17)25/h5-6,8-11,17H,3-4,7H2,1-2H3,(H2,21,23)(H,22,25). The van der Waals surface area contributed by atoms with Crippen molar-refractivity contribution in [3.05, 3.63) is 48.2 Å². The van der Waals surface area contributed by atoms with Gasteiger partial charge < -0.3 is 15.6 Å². The SMILES string of the molecule is C=C1CCC(n2c3ccc(C(C)C)cc3c3ccc(N)nc32)C(=O)N1. The zero-order valence-electron chi connectivity index (χ0n) is 14.5. The van der Waals surface area contributed by atoms with Crippen molar-refractivity contribution in [3.8, 4) is 0 Å². The fourth-order valence-electron chi connectivity index (χ4n) is 3.63. The van der Waals surface area contributed by atoms with E-state index >= 15 is 0 Å². The van der Waals surface area contributed by atoms with Crippen molar-refractivity contribution >= 4 is 33.7 Å². The minimum Gasteiger partial charge on any atom is -0.384 e. The number of hydrogen-bond donors (Lipinski definition) is 2. The lowest BCUT2D eigenvalue weighted by Gasteiger charge is -2.26. The van der Waals surface area contributed by atoms with Crippen LogP contribution in [0.25, 0.3) is 21.9 Å². The van der Waals surface area contributed by atoms with Gasteiger partial charge in [0.1, 0.15) is 17.5 Å². The second-order valence-corrected chi connectivity index (χ2v) is 7.06. The first-order chi connectivity index (χ1) is 12.0. The van der Waals surface area contributed by atoms with E-state index in [-0.39, 0.29) is 11.9 Å². The van der Waals surface area contributed by atoms with Gasteiger partial charge in [0.2, 0.25) is 5.91 Å². The lowest BCUT2D eigenvalue weighted by molar-refractivity contribution is -0.124. The van der Waals surface area contributed by atoms with E-state index in [9.17, 15) is 4.79 Å². The van der Waals surface area contributed by atoms with E-state index in [1.807, 2.05) is 16.7 Å². The van der Waals surface area contributed by atoms with Crippen LogP contribution in [0, 0.1) is 0 Å². The van der Waals surface area contributed by atoms with Crippen LogP contribution < -0.4 is 11.1 Å². The summed E-state index contributed by atoms with van der Waals surface area (Å²) in [6, 6.07) is 9.95. The smallest absolute Gasteiger partial charge is 0.247 e. The summed E-state index contributed by atoms with van der Waals surface area (Å²) >= 11 is 0. The Morgan fingerprint density at radius 1 is 1.28 bits per heavy atom. The molecule has 5 nitrogen and oxygen atoms in total. The number of aromatic nitrogens is 2. The number of benzene rings is 1. The highest BCUT2D eigenvalue weighted by Crippen LogP contribution is 2.36. The second kappa shape index (κ2) is 5.62. The molecule has 128 valence electrons. The molecule has 1 aromatic carbocycles. The maximum absolute atomic E-state index is 12.6. The molecule has 2 aromatic heterocycles. The lowest BCUT2D eigenvalue weighted by Crippen LogP contribution is -2.36. The van der Waals surface area contributed by atoms with Crippen molar-refractivity contribution in [2.75, 3.05) is 5.73 Å². The van der Waals surface area contributed by atoms with E-state index in [2.05, 4.69) is 48.9 Å². The van der Waals surface area contributed by atoms with Crippen LogP contribution in [0.5, 0.6) is 0 Å². The lowest BCUT2D eigenvalue weighted by atomic mass is 10.0. The summed E-state index contributed by atoms with van der Waals surface area (Å²) in [7, 11) is 0. The van der Waals surface area contributed by atoms with Gasteiger partial charge in [-0.1, -0.05) is 26.5 Å². The Hall–Kier alpha value is -2.82. The van der Waals surface area contributed by atoms with Crippen LogP contribution >= 0.6 is 0 Å². The maximum Gasteiger partial charge on any atom is 0.247 e. The summed E-state index contributed by atoms with van der Waals surface area (Å²) in [5.74, 6) is 0.860. The number of nitrogen functional groups attached to an aromatic ring is 1. The van der Waals surface area contributed by atoms with E-state index in [0.29, 0.717) is 18.2 Å². The van der Waals surface area contributed by atoms with E-state index < -0.39 is 0 Å². The van der Waals surface area contributed by atoms with Crippen LogP contribution in [0.1, 0.15) is 44.2 Å². The first-order valence-electron chi connectivity index (χ1n) is 8.64. The Kier molecular flexibility index (Phi) is 3.53. The third-order valence-corrected chi connectivity index (χ3v) is 5.00. The summed E-state index contributed by atoms with van der Waals surface area (Å²) in [5, 5.41) is 5.03. The van der Waals surface area contributed by atoms with Crippen LogP contribution in [0.2, 0.25) is 0 Å². The maximum atomic E-state index is 12.6. The summed E-state index contributed by atoms with van der Waals surface area (Å²) in [6.07, 6.45) is 1.48. The minimum absolute atomic E-state index is 0.0350. The van der Waals surface area contributed by atoms with Crippen molar-refractivity contribution in [2.45, 2.75) is 38.6 Å². The molecule has 0 radical (unpaired) electrons. The molecule has 0 spiro atoms. The van der Waals surface area contributed by atoms with Crippen molar-refractivity contribution < 1.29 is 4.79 Å². The van der Waals surface area contributed by atoms with Gasteiger partial charge in [0, 0.05) is 16.5 Å². The summed E-state index contributed by atoms with van der Waals surface area (Å²) in [5.41, 5.74) is 9.77. The van der Waals surface area contributed by atoms with Crippen LogP contribution in [-0.4, -0.2) is 15.5 Å². The van der Waals surface area contributed by atoms with Gasteiger partial charge in [-0.3, -0.25) is 4.79 Å². The van der Waals surface area contributed by atoms with Crippen LogP contribution in [0.15, 0.2) is 42.6 Å². The number of allylic oxidation sites excluding steroid dienone is 1. The average Bonchev–Trinajstić information content (AvgIpc) is 2.87. The molecule has 3 heterocycles. The van der Waals surface area contributed by atoms with Gasteiger partial charge in [0.15, 0.2) is 0 Å². The highest BCUT2D eigenvalue weighted by atomic mass is 16.2. The van der Waals surface area contributed by atoms with Crippen LogP contribution in [-0.2, 0) is 4.79 Å². The van der Waals surface area contributed by atoms with Crippen LogP contribution in [0.4, 0.5) is 5.82 Å². The van der Waals surface area contributed by atoms with Gasteiger partial charge in [0.25, 0.3) is 0 Å². The largest absolute Gasteiger partial charge is 0.384 e. The molecule has 1 fully saturated rings. The average molecular weight is 334 g/mol. The van der Waals surface area contributed by atoms with E-state index in [1.165, 1.54) is 5.56 Å². The summed E-state index contributed by atoms with van der Waals surface area (Å²) in [4.78, 5) is 17.2. The number of anilines is 1. The predicted molar refractivity (Wildman–Crippen MR) is 101 cm³/mol. The van der Waals surface area contributed by atoms with Gasteiger partial charge in [0.05, 0.1) is 5.52 Å². The fraction of sp³-hybridized carbons (Fsp3) is 0.300. The van der Waals surface area contributed by atoms with Gasteiger partial charge in [-0.2, -0.15) is 0 Å². The molecule has 1 aliphatic rings. The van der Waals surface area contributed by atoms with Gasteiger partial charge in [-0.25, -0.2) is 4.98 Å². The molecule has 1 atom stereocenters. The Morgan fingerprint density at radius 2 is 2.08 bits per heavy atom. The third-order valence-electron chi connectivity index (χ3n) is 5.00. The zero-order valence-corrected chi connectivity index (χ0v) is 14.5. The Balaban J connectivity index is 2.02. The second-order valence-electron chi connectivity index (χ2n) is 7.06. The van der Waals surface area contributed by atoms with E-state index in [1.54, 1.807) is 0 Å². The molecule has 1 amide bonds. The van der Waals surface area contributed by atoms with Crippen molar-refractivity contribution in [3.63, 3.8) is 0 Å².